The number of fused-ring (bicyclic) bond motifs is 1. The number of sulfonamides is 1. The number of aryl methyl sites for hydroxylation is 1. The molecule has 7 nitrogen and oxygen atoms in total. The highest BCUT2D eigenvalue weighted by molar-refractivity contribution is 7.88. The van der Waals surface area contributed by atoms with Crippen LogP contribution in [-0.2, 0) is 37.1 Å². The molecule has 0 saturated heterocycles. The van der Waals surface area contributed by atoms with Crippen LogP contribution in [-0.4, -0.2) is 40.0 Å². The van der Waals surface area contributed by atoms with Crippen LogP contribution in [0.15, 0.2) is 42.6 Å². The third-order valence-electron chi connectivity index (χ3n) is 6.67. The van der Waals surface area contributed by atoms with Crippen molar-refractivity contribution in [1.29, 1.82) is 0 Å². The molecule has 2 aromatic rings. The molecule has 1 N–H and O–H groups in total. The predicted molar refractivity (Wildman–Crippen MR) is 137 cm³/mol. The van der Waals surface area contributed by atoms with E-state index >= 15 is 4.39 Å². The Morgan fingerprint density at radius 1 is 1.17 bits per heavy atom. The van der Waals surface area contributed by atoms with Crippen molar-refractivity contribution in [2.45, 2.75) is 51.1 Å². The molecule has 1 atom stereocenters. The molecule has 36 heavy (non-hydrogen) atoms. The lowest BCUT2D eigenvalue weighted by Gasteiger charge is -2.29. The summed E-state index contributed by atoms with van der Waals surface area (Å²) in [5, 5.41) is 0. The zero-order valence-electron chi connectivity index (χ0n) is 21.1. The van der Waals surface area contributed by atoms with Gasteiger partial charge in [0.25, 0.3) is 0 Å². The van der Waals surface area contributed by atoms with Gasteiger partial charge in [0.2, 0.25) is 15.9 Å². The second-order valence-corrected chi connectivity index (χ2v) is 12.3. The first-order chi connectivity index (χ1) is 16.7. The first-order valence-corrected chi connectivity index (χ1v) is 13.6. The highest BCUT2D eigenvalue weighted by atomic mass is 32.2. The molecule has 0 unspecified atom stereocenters. The molecule has 2 aliphatic rings. The molecule has 0 fully saturated rings. The molecule has 1 amide bonds. The Morgan fingerprint density at radius 3 is 2.50 bits per heavy atom. The van der Waals surface area contributed by atoms with E-state index in [-0.39, 0.29) is 36.5 Å². The van der Waals surface area contributed by atoms with Crippen LogP contribution in [0.1, 0.15) is 50.3 Å². The molecular formula is C27H31FN2O5S. The lowest BCUT2D eigenvalue weighted by Crippen LogP contribution is -2.35. The van der Waals surface area contributed by atoms with Crippen molar-refractivity contribution in [3.63, 3.8) is 0 Å². The van der Waals surface area contributed by atoms with E-state index in [2.05, 4.69) is 4.72 Å². The van der Waals surface area contributed by atoms with Gasteiger partial charge < -0.3 is 4.74 Å². The number of methoxy groups -OCH3 is 1. The zero-order valence-corrected chi connectivity index (χ0v) is 22.0. The van der Waals surface area contributed by atoms with E-state index in [1.54, 1.807) is 19.2 Å². The maximum absolute atomic E-state index is 15.7. The Kier molecular flexibility index (Phi) is 6.59. The minimum Gasteiger partial charge on any atom is -0.496 e. The number of carbonyl (C=O) groups excluding carboxylic acids is 2. The van der Waals surface area contributed by atoms with E-state index in [9.17, 15) is 18.0 Å². The van der Waals surface area contributed by atoms with Gasteiger partial charge in [0.1, 0.15) is 11.4 Å². The van der Waals surface area contributed by atoms with Gasteiger partial charge in [-0.3, -0.25) is 14.5 Å². The SMILES string of the molecule is COc1c(-c2ccc3c(c2)CC[C@@]3(F)CNS(C)(=O)=O)cc(N2C=CC(=O)CC2=O)cc1C(C)(C)C. The Labute approximate surface area is 211 Å². The van der Waals surface area contributed by atoms with Crippen LogP contribution in [0.2, 0.25) is 0 Å². The van der Waals surface area contributed by atoms with Crippen LogP contribution < -0.4 is 14.4 Å². The Balaban J connectivity index is 1.83. The van der Waals surface area contributed by atoms with Gasteiger partial charge in [-0.25, -0.2) is 17.5 Å². The molecule has 1 heterocycles. The lowest BCUT2D eigenvalue weighted by molar-refractivity contribution is -0.124. The summed E-state index contributed by atoms with van der Waals surface area (Å²) in [6, 6.07) is 9.15. The molecular weight excluding hydrogens is 483 g/mol. The largest absolute Gasteiger partial charge is 0.496 e. The number of hydrogen-bond acceptors (Lipinski definition) is 5. The van der Waals surface area contributed by atoms with E-state index in [1.165, 1.54) is 17.2 Å². The minimum atomic E-state index is -3.52. The van der Waals surface area contributed by atoms with Crippen LogP contribution in [0.3, 0.4) is 0 Å². The molecule has 0 spiro atoms. The van der Waals surface area contributed by atoms with Gasteiger partial charge in [0.05, 0.1) is 19.8 Å². The van der Waals surface area contributed by atoms with Gasteiger partial charge >= 0.3 is 0 Å². The number of ketones is 1. The van der Waals surface area contributed by atoms with Crippen molar-refractivity contribution in [2.75, 3.05) is 24.8 Å². The summed E-state index contributed by atoms with van der Waals surface area (Å²) < 4.78 is 46.9. The van der Waals surface area contributed by atoms with Crippen LogP contribution >= 0.6 is 0 Å². The number of allylic oxidation sites excluding steroid dienone is 1. The summed E-state index contributed by atoms with van der Waals surface area (Å²) in [7, 11) is -1.93. The number of benzene rings is 2. The molecule has 2 aromatic carbocycles. The summed E-state index contributed by atoms with van der Waals surface area (Å²) >= 11 is 0. The molecule has 192 valence electrons. The summed E-state index contributed by atoms with van der Waals surface area (Å²) in [5.41, 5.74) is 2.20. The Bertz CT molecular complexity index is 1380. The van der Waals surface area contributed by atoms with Gasteiger partial charge in [0, 0.05) is 29.6 Å². The van der Waals surface area contributed by atoms with E-state index in [1.807, 2.05) is 39.0 Å². The fourth-order valence-corrected chi connectivity index (χ4v) is 5.30. The number of rotatable bonds is 6. The summed E-state index contributed by atoms with van der Waals surface area (Å²) in [6.45, 7) is 5.83. The quantitative estimate of drug-likeness (QED) is 0.585. The van der Waals surface area contributed by atoms with Gasteiger partial charge in [-0.05, 0) is 53.2 Å². The molecule has 0 radical (unpaired) electrons. The molecule has 0 aromatic heterocycles. The number of nitrogens with zero attached hydrogens (tertiary/aromatic N) is 1. The average molecular weight is 515 g/mol. The third-order valence-corrected chi connectivity index (χ3v) is 7.34. The Hall–Kier alpha value is -3.04. The number of amides is 1. The fourth-order valence-electron chi connectivity index (χ4n) is 4.81. The number of alkyl halides is 1. The van der Waals surface area contributed by atoms with E-state index < -0.39 is 15.7 Å². The van der Waals surface area contributed by atoms with Crippen molar-refractivity contribution in [3.05, 3.63) is 59.3 Å². The Morgan fingerprint density at radius 2 is 1.89 bits per heavy atom. The van der Waals surface area contributed by atoms with Crippen molar-refractivity contribution in [3.8, 4) is 16.9 Å². The number of anilines is 1. The second-order valence-electron chi connectivity index (χ2n) is 10.5. The van der Waals surface area contributed by atoms with Gasteiger partial charge in [-0.2, -0.15) is 0 Å². The van der Waals surface area contributed by atoms with E-state index in [4.69, 9.17) is 4.74 Å². The first-order valence-electron chi connectivity index (χ1n) is 11.7. The number of hydrogen-bond donors (Lipinski definition) is 1. The standard InChI is InChI=1S/C27H31FN2O5S/c1-26(2,3)23-14-19(30-11-9-20(31)15-24(30)32)13-21(25(23)35-4)17-6-7-22-18(12-17)8-10-27(22,28)16-29-36(5,33)34/h6-7,9,11-14,29H,8,10,15-16H2,1-5H3/t27-/m1/s1. The van der Waals surface area contributed by atoms with Crippen LogP contribution in [0.4, 0.5) is 10.1 Å². The average Bonchev–Trinajstić information content (AvgIpc) is 3.12. The van der Waals surface area contributed by atoms with Crippen molar-refractivity contribution < 1.29 is 27.1 Å². The predicted octanol–water partition coefficient (Wildman–Crippen LogP) is 4.14. The minimum absolute atomic E-state index is 0.180. The fraction of sp³-hybridized carbons (Fsp3) is 0.407. The number of ether oxygens (including phenoxy) is 1. The van der Waals surface area contributed by atoms with Crippen LogP contribution in [0.5, 0.6) is 5.75 Å². The van der Waals surface area contributed by atoms with E-state index in [0.29, 0.717) is 23.4 Å². The molecule has 9 heteroatoms. The molecule has 0 bridgehead atoms. The number of nitrogens with one attached hydrogen (secondary N) is 1. The van der Waals surface area contributed by atoms with Crippen molar-refractivity contribution in [1.82, 2.24) is 4.72 Å². The third kappa shape index (κ3) is 5.08. The van der Waals surface area contributed by atoms with Gasteiger partial charge in [-0.1, -0.05) is 39.0 Å². The zero-order chi connectivity index (χ0) is 26.5. The molecule has 1 aliphatic carbocycles. The van der Waals surface area contributed by atoms with Crippen LogP contribution in [0.25, 0.3) is 11.1 Å². The van der Waals surface area contributed by atoms with Gasteiger partial charge in [0.15, 0.2) is 5.78 Å². The normalized spacial score (nSPS) is 20.1. The monoisotopic (exact) mass is 514 g/mol. The summed E-state index contributed by atoms with van der Waals surface area (Å²) in [6.07, 6.45) is 4.35. The van der Waals surface area contributed by atoms with Gasteiger partial charge in [-0.15, -0.1) is 0 Å². The highest BCUT2D eigenvalue weighted by Crippen LogP contribution is 2.46. The molecule has 4 rings (SSSR count). The summed E-state index contributed by atoms with van der Waals surface area (Å²) in [4.78, 5) is 25.8. The second kappa shape index (κ2) is 9.12. The smallest absolute Gasteiger partial charge is 0.238 e. The van der Waals surface area contributed by atoms with Crippen LogP contribution in [0, 0.1) is 0 Å². The van der Waals surface area contributed by atoms with E-state index in [0.717, 1.165) is 28.5 Å². The highest BCUT2D eigenvalue weighted by Gasteiger charge is 2.40. The first kappa shape index (κ1) is 26.0. The van der Waals surface area contributed by atoms with Crippen molar-refractivity contribution >= 4 is 27.4 Å². The molecule has 0 saturated carbocycles. The maximum atomic E-state index is 15.7. The number of carbonyl (C=O) groups is 2. The topological polar surface area (TPSA) is 92.8 Å². The lowest BCUT2D eigenvalue weighted by atomic mass is 9.83. The molecule has 1 aliphatic heterocycles. The summed E-state index contributed by atoms with van der Waals surface area (Å²) in [5.74, 6) is 0.103. The number of halogens is 1. The maximum Gasteiger partial charge on any atom is 0.238 e. The van der Waals surface area contributed by atoms with Crippen molar-refractivity contribution in [2.24, 2.45) is 0 Å².